The van der Waals surface area contributed by atoms with Gasteiger partial charge in [-0.1, -0.05) is 54.1 Å². The summed E-state index contributed by atoms with van der Waals surface area (Å²) in [5.41, 5.74) is 3.34. The number of benzene rings is 2. The van der Waals surface area contributed by atoms with Gasteiger partial charge in [-0.3, -0.25) is 4.72 Å². The predicted molar refractivity (Wildman–Crippen MR) is 93.6 cm³/mol. The first-order valence-corrected chi connectivity index (χ1v) is 9.08. The Morgan fingerprint density at radius 2 is 1.78 bits per heavy atom. The average molecular weight is 346 g/mol. The van der Waals surface area contributed by atoms with Crippen LogP contribution in [0.2, 0.25) is 5.02 Å². The molecule has 0 spiro atoms. The van der Waals surface area contributed by atoms with Crippen molar-refractivity contribution in [2.75, 3.05) is 0 Å². The Morgan fingerprint density at radius 1 is 1.04 bits per heavy atom. The molecular weight excluding hydrogens is 330 g/mol. The maximum atomic E-state index is 12.5. The van der Waals surface area contributed by atoms with E-state index in [4.69, 9.17) is 11.6 Å². The summed E-state index contributed by atoms with van der Waals surface area (Å²) in [4.78, 5) is 0.245. The number of rotatable bonds is 4. The van der Waals surface area contributed by atoms with E-state index in [1.807, 2.05) is 37.3 Å². The Balaban J connectivity index is 1.89. The molecule has 118 valence electrons. The van der Waals surface area contributed by atoms with Crippen LogP contribution in [0.1, 0.15) is 17.5 Å². The topological polar surface area (TPSA) is 46.2 Å². The highest BCUT2D eigenvalue weighted by atomic mass is 35.5. The Morgan fingerprint density at radius 3 is 2.48 bits per heavy atom. The molecule has 0 bridgehead atoms. The van der Waals surface area contributed by atoms with E-state index in [2.05, 4.69) is 4.72 Å². The fraction of sp³-hybridized carbons (Fsp3) is 0.111. The average Bonchev–Trinajstić information content (AvgIpc) is 2.98. The minimum Gasteiger partial charge on any atom is -0.279 e. The quantitative estimate of drug-likeness (QED) is 0.898. The van der Waals surface area contributed by atoms with Gasteiger partial charge in [0, 0.05) is 10.6 Å². The second-order valence-electron chi connectivity index (χ2n) is 5.35. The van der Waals surface area contributed by atoms with Crippen LogP contribution in [0.4, 0.5) is 0 Å². The lowest BCUT2D eigenvalue weighted by molar-refractivity contribution is 0.589. The Labute approximate surface area is 141 Å². The summed E-state index contributed by atoms with van der Waals surface area (Å²) >= 11 is 6.18. The van der Waals surface area contributed by atoms with Gasteiger partial charge in [0.05, 0.1) is 10.6 Å². The zero-order valence-electron chi connectivity index (χ0n) is 12.6. The molecule has 1 aliphatic rings. The molecule has 0 saturated carbocycles. The van der Waals surface area contributed by atoms with Crippen LogP contribution in [0.25, 0.3) is 5.57 Å². The highest BCUT2D eigenvalue weighted by Gasteiger charge is 2.20. The minimum atomic E-state index is -3.60. The van der Waals surface area contributed by atoms with Crippen LogP contribution in [-0.2, 0) is 10.0 Å². The number of hydrogen-bond acceptors (Lipinski definition) is 2. The van der Waals surface area contributed by atoms with Gasteiger partial charge in [-0.25, -0.2) is 8.42 Å². The first kappa shape index (κ1) is 15.8. The Kier molecular flexibility index (Phi) is 4.28. The van der Waals surface area contributed by atoms with Gasteiger partial charge in [0.2, 0.25) is 0 Å². The Bertz CT molecular complexity index is 900. The van der Waals surface area contributed by atoms with Crippen LogP contribution < -0.4 is 4.72 Å². The van der Waals surface area contributed by atoms with E-state index < -0.39 is 10.0 Å². The normalized spacial score (nSPS) is 14.3. The van der Waals surface area contributed by atoms with Crippen molar-refractivity contribution >= 4 is 27.2 Å². The number of halogens is 1. The van der Waals surface area contributed by atoms with Crippen molar-refractivity contribution in [1.82, 2.24) is 4.72 Å². The summed E-state index contributed by atoms with van der Waals surface area (Å²) in [6.45, 7) is 1.93. The second-order valence-corrected chi connectivity index (χ2v) is 7.44. The van der Waals surface area contributed by atoms with E-state index >= 15 is 0 Å². The first-order valence-electron chi connectivity index (χ1n) is 7.22. The van der Waals surface area contributed by atoms with Gasteiger partial charge >= 0.3 is 0 Å². The molecule has 3 rings (SSSR count). The van der Waals surface area contributed by atoms with Gasteiger partial charge in [-0.15, -0.1) is 0 Å². The van der Waals surface area contributed by atoms with E-state index in [1.54, 1.807) is 30.3 Å². The number of sulfonamides is 1. The summed E-state index contributed by atoms with van der Waals surface area (Å²) < 4.78 is 27.6. The number of aryl methyl sites for hydroxylation is 1. The second kappa shape index (κ2) is 6.22. The fourth-order valence-electron chi connectivity index (χ4n) is 2.45. The lowest BCUT2D eigenvalue weighted by atomic mass is 10.0. The standard InChI is InChI=1S/C18H16ClNO2S/c1-13-10-11-14(12-17(13)19)16-8-5-9-18(16)20-23(21,22)15-6-3-2-4-7-15/h2-4,6-12,20H,5H2,1H3. The SMILES string of the molecule is Cc1ccc(C2=CCC=C2NS(=O)(=O)c2ccccc2)cc1Cl. The highest BCUT2D eigenvalue weighted by Crippen LogP contribution is 2.31. The van der Waals surface area contributed by atoms with Gasteiger partial charge in [0.25, 0.3) is 10.0 Å². The molecule has 2 aromatic carbocycles. The third-order valence-electron chi connectivity index (χ3n) is 3.71. The zero-order chi connectivity index (χ0) is 16.4. The highest BCUT2D eigenvalue weighted by molar-refractivity contribution is 7.89. The summed E-state index contributed by atoms with van der Waals surface area (Å²) in [6.07, 6.45) is 4.54. The molecule has 0 amide bonds. The molecule has 5 heteroatoms. The van der Waals surface area contributed by atoms with Gasteiger partial charge in [0.15, 0.2) is 0 Å². The molecule has 3 nitrogen and oxygen atoms in total. The monoisotopic (exact) mass is 345 g/mol. The molecule has 0 radical (unpaired) electrons. The molecule has 0 fully saturated rings. The third kappa shape index (κ3) is 3.33. The number of nitrogens with one attached hydrogen (secondary N) is 1. The summed E-state index contributed by atoms with van der Waals surface area (Å²) in [5.74, 6) is 0. The third-order valence-corrected chi connectivity index (χ3v) is 5.50. The molecule has 0 aromatic heterocycles. The summed E-state index contributed by atoms with van der Waals surface area (Å²) in [7, 11) is -3.60. The molecule has 0 aliphatic heterocycles. The van der Waals surface area contributed by atoms with Crippen molar-refractivity contribution in [2.45, 2.75) is 18.2 Å². The molecule has 0 heterocycles. The zero-order valence-corrected chi connectivity index (χ0v) is 14.2. The molecule has 1 aliphatic carbocycles. The van der Waals surface area contributed by atoms with E-state index in [1.165, 1.54) is 0 Å². The van der Waals surface area contributed by atoms with Crippen molar-refractivity contribution in [3.63, 3.8) is 0 Å². The summed E-state index contributed by atoms with van der Waals surface area (Å²) in [6, 6.07) is 14.1. The van der Waals surface area contributed by atoms with E-state index in [-0.39, 0.29) is 4.90 Å². The van der Waals surface area contributed by atoms with Crippen LogP contribution in [0, 0.1) is 6.92 Å². The van der Waals surface area contributed by atoms with Gasteiger partial charge in [-0.05, 0) is 42.7 Å². The maximum absolute atomic E-state index is 12.5. The van der Waals surface area contributed by atoms with Gasteiger partial charge in [0.1, 0.15) is 0 Å². The van der Waals surface area contributed by atoms with E-state index in [9.17, 15) is 8.42 Å². The largest absolute Gasteiger partial charge is 0.279 e. The molecule has 2 aromatic rings. The van der Waals surface area contributed by atoms with Crippen molar-refractivity contribution < 1.29 is 8.42 Å². The molecule has 0 unspecified atom stereocenters. The predicted octanol–water partition coefficient (Wildman–Crippen LogP) is 4.30. The fourth-order valence-corrected chi connectivity index (χ4v) is 3.74. The lowest BCUT2D eigenvalue weighted by Crippen LogP contribution is -2.23. The smallest absolute Gasteiger partial charge is 0.261 e. The van der Waals surface area contributed by atoms with Crippen molar-refractivity contribution in [3.8, 4) is 0 Å². The van der Waals surface area contributed by atoms with Crippen molar-refractivity contribution in [2.24, 2.45) is 0 Å². The van der Waals surface area contributed by atoms with Crippen molar-refractivity contribution in [1.29, 1.82) is 0 Å². The van der Waals surface area contributed by atoms with Crippen LogP contribution >= 0.6 is 11.6 Å². The van der Waals surface area contributed by atoms with Crippen LogP contribution in [0.15, 0.2) is 71.3 Å². The first-order chi connectivity index (χ1) is 11.0. The van der Waals surface area contributed by atoms with Crippen LogP contribution in [0.5, 0.6) is 0 Å². The molecule has 0 saturated heterocycles. The Hall–Kier alpha value is -2.04. The van der Waals surface area contributed by atoms with Gasteiger partial charge < -0.3 is 0 Å². The van der Waals surface area contributed by atoms with Crippen molar-refractivity contribution in [3.05, 3.63) is 82.5 Å². The number of allylic oxidation sites excluding steroid dienone is 3. The summed E-state index contributed by atoms with van der Waals surface area (Å²) in [5, 5.41) is 0.667. The van der Waals surface area contributed by atoms with Crippen LogP contribution in [-0.4, -0.2) is 8.42 Å². The number of hydrogen-bond donors (Lipinski definition) is 1. The van der Waals surface area contributed by atoms with E-state index in [0.717, 1.165) is 16.7 Å². The van der Waals surface area contributed by atoms with Crippen LogP contribution in [0.3, 0.4) is 0 Å². The molecule has 0 atom stereocenters. The van der Waals surface area contributed by atoms with E-state index in [0.29, 0.717) is 17.1 Å². The van der Waals surface area contributed by atoms with Gasteiger partial charge in [-0.2, -0.15) is 0 Å². The molecular formula is C18H16ClNO2S. The lowest BCUT2D eigenvalue weighted by Gasteiger charge is -2.13. The molecule has 1 N–H and O–H groups in total. The maximum Gasteiger partial charge on any atom is 0.261 e. The minimum absolute atomic E-state index is 0.245. The molecule has 23 heavy (non-hydrogen) atoms.